The number of nitrogens with zero attached hydrogens (tertiary/aromatic N) is 3. The Bertz CT molecular complexity index is 437. The third kappa shape index (κ3) is 3.79. The molecule has 1 atom stereocenters. The Balaban J connectivity index is 1.36. The molecule has 0 spiro atoms. The Morgan fingerprint density at radius 1 is 1.43 bits per heavy atom. The maximum Gasteiger partial charge on any atom is 0.248 e. The quantitative estimate of drug-likeness (QED) is 0.865. The summed E-state index contributed by atoms with van der Waals surface area (Å²) in [5.74, 6) is 1.38. The van der Waals surface area contributed by atoms with E-state index >= 15 is 0 Å². The second-order valence-electron chi connectivity index (χ2n) is 5.68. The number of H-pyrrole nitrogens is 1. The Morgan fingerprint density at radius 3 is 2.95 bits per heavy atom. The van der Waals surface area contributed by atoms with Gasteiger partial charge in [-0.05, 0) is 25.7 Å². The highest BCUT2D eigenvalue weighted by Crippen LogP contribution is 2.24. The Morgan fingerprint density at radius 2 is 2.29 bits per heavy atom. The first-order valence-electron chi connectivity index (χ1n) is 7.65. The van der Waals surface area contributed by atoms with Crippen LogP contribution in [0.5, 0.6) is 0 Å². The zero-order valence-corrected chi connectivity index (χ0v) is 12.2. The number of amides is 1. The van der Waals surface area contributed by atoms with Crippen LogP contribution in [0.2, 0.25) is 0 Å². The molecular formula is C14H22N4O3. The molecule has 116 valence electrons. The molecule has 0 saturated carbocycles. The number of ether oxygens (including phenoxy) is 2. The molecule has 2 fully saturated rings. The smallest absolute Gasteiger partial charge is 0.248 e. The number of nitrogens with one attached hydrogen (secondary N) is 1. The fourth-order valence-corrected chi connectivity index (χ4v) is 2.96. The number of hydrogen-bond acceptors (Lipinski definition) is 5. The zero-order valence-electron chi connectivity index (χ0n) is 12.2. The summed E-state index contributed by atoms with van der Waals surface area (Å²) in [6.45, 7) is 3.02. The highest BCUT2D eigenvalue weighted by atomic mass is 16.5. The van der Waals surface area contributed by atoms with E-state index in [1.165, 1.54) is 6.33 Å². The maximum absolute atomic E-state index is 12.1. The van der Waals surface area contributed by atoms with Crippen LogP contribution in [0, 0.1) is 0 Å². The lowest BCUT2D eigenvalue weighted by Crippen LogP contribution is -2.40. The molecule has 21 heavy (non-hydrogen) atoms. The van der Waals surface area contributed by atoms with E-state index in [0.29, 0.717) is 12.5 Å². The summed E-state index contributed by atoms with van der Waals surface area (Å²) in [7, 11) is 0. The van der Waals surface area contributed by atoms with E-state index in [1.54, 1.807) is 0 Å². The van der Waals surface area contributed by atoms with Crippen molar-refractivity contribution in [3.8, 4) is 0 Å². The van der Waals surface area contributed by atoms with Crippen LogP contribution in [0.25, 0.3) is 0 Å². The van der Waals surface area contributed by atoms with E-state index in [9.17, 15) is 4.79 Å². The van der Waals surface area contributed by atoms with Gasteiger partial charge in [0, 0.05) is 25.6 Å². The number of likely N-dealkylation sites (tertiary alicyclic amines) is 1. The fraction of sp³-hybridized carbons (Fsp3) is 0.786. The molecule has 7 heteroatoms. The average Bonchev–Trinajstić information content (AvgIpc) is 3.21. The molecule has 2 aliphatic heterocycles. The molecule has 1 amide bonds. The molecule has 1 aromatic rings. The van der Waals surface area contributed by atoms with Gasteiger partial charge in [0.1, 0.15) is 18.8 Å². The van der Waals surface area contributed by atoms with Gasteiger partial charge in [-0.1, -0.05) is 0 Å². The summed E-state index contributed by atoms with van der Waals surface area (Å²) >= 11 is 0. The summed E-state index contributed by atoms with van der Waals surface area (Å²) in [5.41, 5.74) is 0. The van der Waals surface area contributed by atoms with Crippen molar-refractivity contribution in [3.05, 3.63) is 12.2 Å². The third-order valence-corrected chi connectivity index (χ3v) is 4.22. The first-order valence-corrected chi connectivity index (χ1v) is 7.65. The summed E-state index contributed by atoms with van der Waals surface area (Å²) in [6.07, 6.45) is 5.69. The first-order chi connectivity index (χ1) is 10.3. The lowest BCUT2D eigenvalue weighted by molar-refractivity contribution is -0.138. The standard InChI is InChI=1S/C14H22N4O3/c19-13(9-20-8-12-2-1-7-21-12)18-5-3-11(4-6-18)14-15-10-16-17-14/h10-12H,1-9H2,(H,15,16,17). The molecule has 2 saturated heterocycles. The van der Waals surface area contributed by atoms with Gasteiger partial charge < -0.3 is 14.4 Å². The van der Waals surface area contributed by atoms with Crippen LogP contribution < -0.4 is 0 Å². The van der Waals surface area contributed by atoms with Gasteiger partial charge in [0.2, 0.25) is 5.91 Å². The topological polar surface area (TPSA) is 80.3 Å². The van der Waals surface area contributed by atoms with E-state index < -0.39 is 0 Å². The lowest BCUT2D eigenvalue weighted by Gasteiger charge is -2.31. The summed E-state index contributed by atoms with van der Waals surface area (Å²) in [5, 5.41) is 6.79. The van der Waals surface area contributed by atoms with E-state index in [2.05, 4.69) is 15.2 Å². The maximum atomic E-state index is 12.1. The Hall–Kier alpha value is -1.47. The zero-order chi connectivity index (χ0) is 14.5. The van der Waals surface area contributed by atoms with Crippen LogP contribution in [0.3, 0.4) is 0 Å². The van der Waals surface area contributed by atoms with Crippen molar-refractivity contribution in [1.82, 2.24) is 20.1 Å². The molecule has 3 heterocycles. The SMILES string of the molecule is O=C(COCC1CCCO1)N1CCC(c2ncn[nH]2)CC1. The minimum atomic E-state index is 0.0732. The van der Waals surface area contributed by atoms with Crippen LogP contribution in [-0.4, -0.2) is 65.0 Å². The van der Waals surface area contributed by atoms with Gasteiger partial charge in [-0.2, -0.15) is 5.10 Å². The van der Waals surface area contributed by atoms with Gasteiger partial charge in [0.05, 0.1) is 12.7 Å². The number of carbonyl (C=O) groups is 1. The summed E-state index contributed by atoms with van der Waals surface area (Å²) in [4.78, 5) is 18.2. The molecule has 0 bridgehead atoms. The van der Waals surface area contributed by atoms with Crippen LogP contribution >= 0.6 is 0 Å². The highest BCUT2D eigenvalue weighted by molar-refractivity contribution is 5.77. The molecule has 1 N–H and O–H groups in total. The molecule has 0 aromatic carbocycles. The molecule has 1 unspecified atom stereocenters. The number of piperidine rings is 1. The van der Waals surface area contributed by atoms with Gasteiger partial charge in [-0.25, -0.2) is 4.98 Å². The number of carbonyl (C=O) groups excluding carboxylic acids is 1. The van der Waals surface area contributed by atoms with Gasteiger partial charge >= 0.3 is 0 Å². The number of rotatable bonds is 5. The van der Waals surface area contributed by atoms with Crippen molar-refractivity contribution in [3.63, 3.8) is 0 Å². The van der Waals surface area contributed by atoms with E-state index in [1.807, 2.05) is 4.90 Å². The predicted molar refractivity (Wildman–Crippen MR) is 74.7 cm³/mol. The highest BCUT2D eigenvalue weighted by Gasteiger charge is 2.25. The molecule has 1 aromatic heterocycles. The third-order valence-electron chi connectivity index (χ3n) is 4.22. The van der Waals surface area contributed by atoms with Crippen molar-refractivity contribution < 1.29 is 14.3 Å². The van der Waals surface area contributed by atoms with Gasteiger partial charge in [-0.3, -0.25) is 9.89 Å². The molecule has 2 aliphatic rings. The number of aromatic amines is 1. The Labute approximate surface area is 124 Å². The summed E-state index contributed by atoms with van der Waals surface area (Å²) in [6, 6.07) is 0. The monoisotopic (exact) mass is 294 g/mol. The van der Waals surface area contributed by atoms with Crippen molar-refractivity contribution in [2.24, 2.45) is 0 Å². The predicted octanol–water partition coefficient (Wildman–Crippen LogP) is 0.706. The largest absolute Gasteiger partial charge is 0.376 e. The van der Waals surface area contributed by atoms with Gasteiger partial charge in [-0.15, -0.1) is 0 Å². The van der Waals surface area contributed by atoms with Crippen molar-refractivity contribution in [2.45, 2.75) is 37.7 Å². The van der Waals surface area contributed by atoms with Crippen LogP contribution in [-0.2, 0) is 14.3 Å². The first kappa shape index (κ1) is 14.5. The van der Waals surface area contributed by atoms with Gasteiger partial charge in [0.25, 0.3) is 0 Å². The van der Waals surface area contributed by atoms with Crippen molar-refractivity contribution in [1.29, 1.82) is 0 Å². The average molecular weight is 294 g/mol. The molecular weight excluding hydrogens is 272 g/mol. The van der Waals surface area contributed by atoms with Crippen LogP contribution in [0.4, 0.5) is 0 Å². The van der Waals surface area contributed by atoms with Crippen molar-refractivity contribution >= 4 is 5.91 Å². The van der Waals surface area contributed by atoms with E-state index in [-0.39, 0.29) is 18.6 Å². The number of aromatic nitrogens is 3. The normalized spacial score (nSPS) is 23.6. The van der Waals surface area contributed by atoms with E-state index in [0.717, 1.165) is 51.2 Å². The minimum absolute atomic E-state index is 0.0732. The molecule has 0 aliphatic carbocycles. The molecule has 7 nitrogen and oxygen atoms in total. The van der Waals surface area contributed by atoms with Crippen LogP contribution in [0.1, 0.15) is 37.4 Å². The number of hydrogen-bond donors (Lipinski definition) is 1. The van der Waals surface area contributed by atoms with Crippen molar-refractivity contribution in [2.75, 3.05) is 32.9 Å². The minimum Gasteiger partial charge on any atom is -0.376 e. The molecule has 0 radical (unpaired) electrons. The van der Waals surface area contributed by atoms with E-state index in [4.69, 9.17) is 9.47 Å². The lowest BCUT2D eigenvalue weighted by atomic mass is 9.96. The molecule has 3 rings (SSSR count). The van der Waals surface area contributed by atoms with Gasteiger partial charge in [0.15, 0.2) is 0 Å². The van der Waals surface area contributed by atoms with Crippen LogP contribution in [0.15, 0.2) is 6.33 Å². The second kappa shape index (κ2) is 7.00. The second-order valence-corrected chi connectivity index (χ2v) is 5.68. The Kier molecular flexibility index (Phi) is 4.82. The summed E-state index contributed by atoms with van der Waals surface area (Å²) < 4.78 is 11.0. The fourth-order valence-electron chi connectivity index (χ4n) is 2.96.